The first-order valence-corrected chi connectivity index (χ1v) is 20.7. The van der Waals surface area contributed by atoms with Crippen LogP contribution in [0.3, 0.4) is 0 Å². The SMILES string of the molecule is c1ccc(-c2nc(-c3ccc(-c4cc5ccccc5c5c(-c6ccccc6)c(-c6ccccc6)nn45)cc3)nc(-c3cccc(-c4cccc5c4oc4ccccc45)c3)n2)cc1. The number of aromatic nitrogens is 5. The molecule has 6 heteroatoms. The van der Waals surface area contributed by atoms with Crippen molar-refractivity contribution in [3.05, 3.63) is 212 Å². The molecule has 0 bridgehead atoms. The van der Waals surface area contributed by atoms with E-state index in [0.29, 0.717) is 17.5 Å². The van der Waals surface area contributed by atoms with Crippen molar-refractivity contribution in [2.75, 3.05) is 0 Å². The minimum Gasteiger partial charge on any atom is -0.455 e. The van der Waals surface area contributed by atoms with Gasteiger partial charge in [0.1, 0.15) is 16.9 Å². The number of pyridine rings is 1. The van der Waals surface area contributed by atoms with Crippen molar-refractivity contribution in [1.29, 1.82) is 0 Å². The first kappa shape index (κ1) is 35.5. The molecule has 12 aromatic rings. The summed E-state index contributed by atoms with van der Waals surface area (Å²) >= 11 is 0. The van der Waals surface area contributed by atoms with Crippen molar-refractivity contribution in [3.63, 3.8) is 0 Å². The van der Waals surface area contributed by atoms with E-state index < -0.39 is 0 Å². The van der Waals surface area contributed by atoms with Crippen LogP contribution in [0.2, 0.25) is 0 Å². The monoisotopic (exact) mass is 793 g/mol. The Kier molecular flexibility index (Phi) is 8.38. The molecule has 0 atom stereocenters. The molecule has 0 amide bonds. The standard InChI is InChI=1S/C56H35N5O/c1-4-16-37(17-5-1)50-51(38-18-6-2-7-19-38)60-61-48(35-42-22-10-11-25-44(42)52(50)61)36-30-32-40(33-31-36)55-57-54(39-20-8-3-9-21-39)58-56(59-55)43-24-14-23-41(34-43)45-27-15-28-47-46-26-12-13-29-49(46)62-53(45)47/h1-35H. The zero-order valence-corrected chi connectivity index (χ0v) is 33.4. The first-order chi connectivity index (χ1) is 30.7. The lowest BCUT2D eigenvalue weighted by molar-refractivity contribution is 0.670. The molecular formula is C56H35N5O. The molecule has 0 aliphatic rings. The molecule has 8 aromatic carbocycles. The number of para-hydroxylation sites is 2. The zero-order valence-electron chi connectivity index (χ0n) is 33.4. The van der Waals surface area contributed by atoms with Gasteiger partial charge in [-0.05, 0) is 34.7 Å². The summed E-state index contributed by atoms with van der Waals surface area (Å²) in [5.41, 5.74) is 13.8. The molecule has 0 radical (unpaired) electrons. The second-order valence-electron chi connectivity index (χ2n) is 15.4. The van der Waals surface area contributed by atoms with Crippen molar-refractivity contribution < 1.29 is 4.42 Å². The highest BCUT2D eigenvalue weighted by Crippen LogP contribution is 2.41. The number of hydrogen-bond acceptors (Lipinski definition) is 5. The molecule has 4 aromatic heterocycles. The molecule has 0 N–H and O–H groups in total. The van der Waals surface area contributed by atoms with Crippen LogP contribution in [0.15, 0.2) is 217 Å². The Morgan fingerprint density at radius 1 is 0.371 bits per heavy atom. The summed E-state index contributed by atoms with van der Waals surface area (Å²) in [4.78, 5) is 15.3. The predicted octanol–water partition coefficient (Wildman–Crippen LogP) is 14.2. The van der Waals surface area contributed by atoms with Crippen LogP contribution in [0, 0.1) is 0 Å². The van der Waals surface area contributed by atoms with Gasteiger partial charge in [-0.2, -0.15) is 5.10 Å². The van der Waals surface area contributed by atoms with Gasteiger partial charge in [-0.15, -0.1) is 0 Å². The topological polar surface area (TPSA) is 69.1 Å². The maximum absolute atomic E-state index is 6.42. The Labute approximate surface area is 357 Å². The molecule has 12 rings (SSSR count). The molecule has 0 fully saturated rings. The van der Waals surface area contributed by atoms with Gasteiger partial charge in [0, 0.05) is 55.1 Å². The summed E-state index contributed by atoms with van der Waals surface area (Å²) in [6.07, 6.45) is 0. The Morgan fingerprint density at radius 2 is 0.903 bits per heavy atom. The minimum atomic E-state index is 0.589. The third-order valence-electron chi connectivity index (χ3n) is 11.7. The van der Waals surface area contributed by atoms with E-state index in [1.165, 1.54) is 0 Å². The van der Waals surface area contributed by atoms with Crippen LogP contribution in [0.4, 0.5) is 0 Å². The van der Waals surface area contributed by atoms with Gasteiger partial charge in [-0.25, -0.2) is 19.5 Å². The van der Waals surface area contributed by atoms with Gasteiger partial charge < -0.3 is 4.42 Å². The molecule has 0 aliphatic carbocycles. The maximum Gasteiger partial charge on any atom is 0.164 e. The van der Waals surface area contributed by atoms with Crippen LogP contribution >= 0.6 is 0 Å². The molecule has 6 nitrogen and oxygen atoms in total. The number of nitrogens with zero attached hydrogens (tertiary/aromatic N) is 5. The molecule has 4 heterocycles. The predicted molar refractivity (Wildman–Crippen MR) is 251 cm³/mol. The van der Waals surface area contributed by atoms with Gasteiger partial charge in [0.2, 0.25) is 0 Å². The lowest BCUT2D eigenvalue weighted by Crippen LogP contribution is -2.00. The quantitative estimate of drug-likeness (QED) is 0.161. The number of hydrogen-bond donors (Lipinski definition) is 0. The lowest BCUT2D eigenvalue weighted by atomic mass is 9.97. The van der Waals surface area contributed by atoms with Crippen LogP contribution < -0.4 is 0 Å². The normalized spacial score (nSPS) is 11.5. The van der Waals surface area contributed by atoms with Crippen LogP contribution in [-0.4, -0.2) is 24.6 Å². The van der Waals surface area contributed by atoms with Gasteiger partial charge in [-0.1, -0.05) is 194 Å². The van der Waals surface area contributed by atoms with Crippen LogP contribution in [0.5, 0.6) is 0 Å². The van der Waals surface area contributed by atoms with Gasteiger partial charge in [0.25, 0.3) is 0 Å². The molecular weight excluding hydrogens is 759 g/mol. The second-order valence-corrected chi connectivity index (χ2v) is 15.4. The van der Waals surface area contributed by atoms with E-state index in [2.05, 4.69) is 162 Å². The van der Waals surface area contributed by atoms with E-state index in [-0.39, 0.29) is 0 Å². The van der Waals surface area contributed by atoms with Crippen molar-refractivity contribution in [2.24, 2.45) is 0 Å². The molecule has 0 spiro atoms. The van der Waals surface area contributed by atoms with Crippen LogP contribution in [-0.2, 0) is 0 Å². The average molecular weight is 794 g/mol. The van der Waals surface area contributed by atoms with Crippen molar-refractivity contribution in [3.8, 4) is 78.9 Å². The third-order valence-corrected chi connectivity index (χ3v) is 11.7. The number of furan rings is 1. The molecule has 0 unspecified atom stereocenters. The lowest BCUT2D eigenvalue weighted by Gasteiger charge is -2.12. The third kappa shape index (κ3) is 6.04. The largest absolute Gasteiger partial charge is 0.455 e. The number of benzene rings is 8. The van der Waals surface area contributed by atoms with E-state index >= 15 is 0 Å². The smallest absolute Gasteiger partial charge is 0.164 e. The molecule has 62 heavy (non-hydrogen) atoms. The van der Waals surface area contributed by atoms with Gasteiger partial charge in [0.15, 0.2) is 17.5 Å². The van der Waals surface area contributed by atoms with E-state index in [4.69, 9.17) is 24.5 Å². The van der Waals surface area contributed by atoms with Crippen molar-refractivity contribution in [2.45, 2.75) is 0 Å². The highest BCUT2D eigenvalue weighted by Gasteiger charge is 2.22. The van der Waals surface area contributed by atoms with Gasteiger partial charge in [-0.3, -0.25) is 0 Å². The summed E-state index contributed by atoms with van der Waals surface area (Å²) in [5, 5.41) is 9.87. The van der Waals surface area contributed by atoms with Crippen LogP contribution in [0.25, 0.3) is 117 Å². The first-order valence-electron chi connectivity index (χ1n) is 20.7. The van der Waals surface area contributed by atoms with E-state index in [1.54, 1.807) is 0 Å². The summed E-state index contributed by atoms with van der Waals surface area (Å²) in [5.74, 6) is 1.78. The minimum absolute atomic E-state index is 0.589. The van der Waals surface area contributed by atoms with Gasteiger partial charge >= 0.3 is 0 Å². The fraction of sp³-hybridized carbons (Fsp3) is 0. The second kappa shape index (κ2) is 14.7. The summed E-state index contributed by atoms with van der Waals surface area (Å²) < 4.78 is 8.54. The van der Waals surface area contributed by atoms with Gasteiger partial charge in [0.05, 0.1) is 11.2 Å². The average Bonchev–Trinajstić information content (AvgIpc) is 3.95. The highest BCUT2D eigenvalue weighted by molar-refractivity contribution is 6.10. The molecule has 0 saturated heterocycles. The Bertz CT molecular complexity index is 3610. The van der Waals surface area contributed by atoms with Crippen molar-refractivity contribution >= 4 is 38.2 Å². The summed E-state index contributed by atoms with van der Waals surface area (Å²) in [6, 6.07) is 73.3. The van der Waals surface area contributed by atoms with Crippen molar-refractivity contribution in [1.82, 2.24) is 24.6 Å². The maximum atomic E-state index is 6.42. The fourth-order valence-electron chi connectivity index (χ4n) is 8.71. The fourth-order valence-corrected chi connectivity index (χ4v) is 8.71. The number of rotatable bonds is 7. The molecule has 0 saturated carbocycles. The number of fused-ring (bicyclic) bond motifs is 6. The summed E-state index contributed by atoms with van der Waals surface area (Å²) in [6.45, 7) is 0. The van der Waals surface area contributed by atoms with E-state index in [9.17, 15) is 0 Å². The molecule has 0 aliphatic heterocycles. The van der Waals surface area contributed by atoms with E-state index in [1.807, 2.05) is 54.6 Å². The molecule has 290 valence electrons. The Balaban J connectivity index is 0.992. The van der Waals surface area contributed by atoms with Crippen LogP contribution in [0.1, 0.15) is 0 Å². The summed E-state index contributed by atoms with van der Waals surface area (Å²) in [7, 11) is 0. The Hall–Kier alpha value is -8.48. The van der Waals surface area contributed by atoms with E-state index in [0.717, 1.165) is 99.7 Å². The Morgan fingerprint density at radius 3 is 1.65 bits per heavy atom. The highest BCUT2D eigenvalue weighted by atomic mass is 16.3. The zero-order chi connectivity index (χ0) is 41.0.